The van der Waals surface area contributed by atoms with Crippen LogP contribution in [0.2, 0.25) is 0 Å². The molecule has 0 saturated carbocycles. The second-order valence-electron chi connectivity index (χ2n) is 11.9. The fourth-order valence-corrected chi connectivity index (χ4v) is 8.52. The Morgan fingerprint density at radius 1 is 0.238 bits per heavy atom. The molecule has 0 heteroatoms. The maximum Gasteiger partial charge on any atom is -0.0000483 e. The lowest BCUT2D eigenvalue weighted by atomic mass is 9.87. The Kier molecular flexibility index (Phi) is 3.67. The number of rotatable bonds is 0. The molecule has 0 saturated heterocycles. The van der Waals surface area contributed by atoms with Gasteiger partial charge in [0.1, 0.15) is 0 Å². The van der Waals surface area contributed by atoms with Gasteiger partial charge in [-0.1, -0.05) is 121 Å². The van der Waals surface area contributed by atoms with Crippen LogP contribution in [0.5, 0.6) is 0 Å². The van der Waals surface area contributed by atoms with Gasteiger partial charge in [0, 0.05) is 0 Å². The molecule has 2 aliphatic rings. The van der Waals surface area contributed by atoms with E-state index >= 15 is 0 Å². The van der Waals surface area contributed by atoms with E-state index in [0.717, 1.165) is 0 Å². The molecule has 0 spiro atoms. The lowest BCUT2D eigenvalue weighted by Crippen LogP contribution is -1.88. The third kappa shape index (κ3) is 2.32. The fraction of sp³-hybridized carbons (Fsp3) is 0. The molecular formula is C42H22. The van der Waals surface area contributed by atoms with E-state index in [9.17, 15) is 0 Å². The average molecular weight is 527 g/mol. The minimum absolute atomic E-state index is 1.30. The molecule has 0 bridgehead atoms. The summed E-state index contributed by atoms with van der Waals surface area (Å²) in [4.78, 5) is 0. The van der Waals surface area contributed by atoms with Crippen LogP contribution >= 0.6 is 0 Å². The Hall–Kier alpha value is -5.46. The molecule has 2 aliphatic carbocycles. The van der Waals surface area contributed by atoms with E-state index in [1.54, 1.807) is 0 Å². The van der Waals surface area contributed by atoms with Gasteiger partial charge in [0.25, 0.3) is 0 Å². The summed E-state index contributed by atoms with van der Waals surface area (Å²) in [6, 6.07) is 50.0. The Balaban J connectivity index is 1.51. The summed E-state index contributed by atoms with van der Waals surface area (Å²) in [5.74, 6) is 0. The summed E-state index contributed by atoms with van der Waals surface area (Å²) in [5, 5.41) is 16.2. The second-order valence-corrected chi connectivity index (χ2v) is 11.9. The molecule has 0 radical (unpaired) electrons. The lowest BCUT2D eigenvalue weighted by Gasteiger charge is -2.15. The van der Waals surface area contributed by atoms with Gasteiger partial charge in [0.05, 0.1) is 0 Å². The maximum atomic E-state index is 2.44. The van der Waals surface area contributed by atoms with Gasteiger partial charge < -0.3 is 0 Å². The number of benzene rings is 9. The van der Waals surface area contributed by atoms with Crippen LogP contribution in [0.3, 0.4) is 0 Å². The molecule has 9 aromatic rings. The molecule has 11 rings (SSSR count). The highest BCUT2D eigenvalue weighted by Gasteiger charge is 2.36. The van der Waals surface area contributed by atoms with E-state index in [1.807, 2.05) is 0 Å². The van der Waals surface area contributed by atoms with Crippen molar-refractivity contribution < 1.29 is 0 Å². The van der Waals surface area contributed by atoms with Crippen molar-refractivity contribution in [2.75, 3.05) is 0 Å². The van der Waals surface area contributed by atoms with Crippen molar-refractivity contribution in [1.29, 1.82) is 0 Å². The van der Waals surface area contributed by atoms with Crippen LogP contribution in [-0.2, 0) is 0 Å². The Morgan fingerprint density at radius 2 is 0.524 bits per heavy atom. The average Bonchev–Trinajstić information content (AvgIpc) is 3.58. The molecule has 0 fully saturated rings. The zero-order valence-electron chi connectivity index (χ0n) is 22.7. The van der Waals surface area contributed by atoms with Gasteiger partial charge in [-0.05, 0) is 121 Å². The molecular weight excluding hydrogens is 504 g/mol. The normalized spacial score (nSPS) is 12.8. The van der Waals surface area contributed by atoms with Crippen molar-refractivity contribution in [3.63, 3.8) is 0 Å². The van der Waals surface area contributed by atoms with Crippen molar-refractivity contribution >= 4 is 64.6 Å². The van der Waals surface area contributed by atoms with Crippen molar-refractivity contribution in [1.82, 2.24) is 0 Å². The van der Waals surface area contributed by atoms with Crippen LogP contribution < -0.4 is 0 Å². The van der Waals surface area contributed by atoms with Gasteiger partial charge in [-0.3, -0.25) is 0 Å². The molecule has 42 heavy (non-hydrogen) atoms. The van der Waals surface area contributed by atoms with Gasteiger partial charge in [-0.15, -0.1) is 0 Å². The third-order valence-corrected chi connectivity index (χ3v) is 10.0. The minimum atomic E-state index is 1.30. The van der Waals surface area contributed by atoms with Crippen molar-refractivity contribution in [3.8, 4) is 44.5 Å². The smallest absolute Gasteiger partial charge is 0.0000483 e. The van der Waals surface area contributed by atoms with Crippen LogP contribution in [-0.4, -0.2) is 0 Å². The zero-order chi connectivity index (χ0) is 27.1. The molecule has 0 amide bonds. The number of hydrogen-bond acceptors (Lipinski definition) is 0. The zero-order valence-corrected chi connectivity index (χ0v) is 22.7. The quantitative estimate of drug-likeness (QED) is 0.136. The predicted octanol–water partition coefficient (Wildman–Crippen LogP) is 11.9. The minimum Gasteiger partial charge on any atom is -0.0616 e. The standard InChI is InChI=1S/C42H22/c1-2-12-24-22-34-33(21-23(24)11-1)35-29-17-7-9-19-31(29)39-37-27-15-5-3-13-25(27)26-14-4-6-16-28(26)38(37)40-32-20-10-8-18-30(32)36(34)41(35)42(39)40/h1-22H. The first kappa shape index (κ1) is 21.3. The van der Waals surface area contributed by atoms with E-state index < -0.39 is 0 Å². The molecule has 0 N–H and O–H groups in total. The van der Waals surface area contributed by atoms with Crippen molar-refractivity contribution in [2.45, 2.75) is 0 Å². The summed E-state index contributed by atoms with van der Waals surface area (Å²) in [7, 11) is 0. The van der Waals surface area contributed by atoms with Crippen LogP contribution in [0.15, 0.2) is 133 Å². The molecule has 0 nitrogen and oxygen atoms in total. The molecule has 190 valence electrons. The van der Waals surface area contributed by atoms with Crippen LogP contribution in [0, 0.1) is 0 Å². The van der Waals surface area contributed by atoms with Gasteiger partial charge in [-0.25, -0.2) is 0 Å². The highest BCUT2D eigenvalue weighted by Crippen LogP contribution is 2.64. The summed E-state index contributed by atoms with van der Waals surface area (Å²) in [5.41, 5.74) is 11.1. The number of fused-ring (bicyclic) bond motifs is 18. The van der Waals surface area contributed by atoms with Crippen LogP contribution in [0.4, 0.5) is 0 Å². The van der Waals surface area contributed by atoms with E-state index in [2.05, 4.69) is 133 Å². The van der Waals surface area contributed by atoms with Crippen molar-refractivity contribution in [2.24, 2.45) is 0 Å². The van der Waals surface area contributed by atoms with Crippen molar-refractivity contribution in [3.05, 3.63) is 133 Å². The lowest BCUT2D eigenvalue weighted by molar-refractivity contribution is 1.73. The highest BCUT2D eigenvalue weighted by atomic mass is 14.4. The highest BCUT2D eigenvalue weighted by molar-refractivity contribution is 6.44. The first-order valence-electron chi connectivity index (χ1n) is 14.8. The topological polar surface area (TPSA) is 0 Å². The largest absolute Gasteiger partial charge is 0.0616 e. The summed E-state index contributed by atoms with van der Waals surface area (Å²) in [6.07, 6.45) is 0. The molecule has 0 atom stereocenters. The Labute approximate surface area is 242 Å². The SMILES string of the molecule is c1ccc2cc3c(cc2c1)-c1c2ccccc2c2c4c(c5ccccc5c-3c14)-c1c-2c2ccccc2c2ccccc12. The van der Waals surface area contributed by atoms with E-state index in [0.29, 0.717) is 0 Å². The Bertz CT molecular complexity index is 2540. The molecule has 0 heterocycles. The van der Waals surface area contributed by atoms with Gasteiger partial charge >= 0.3 is 0 Å². The van der Waals surface area contributed by atoms with E-state index in [4.69, 9.17) is 0 Å². The predicted molar refractivity (Wildman–Crippen MR) is 180 cm³/mol. The first-order chi connectivity index (χ1) is 20.9. The second kappa shape index (κ2) is 7.24. The molecule has 0 unspecified atom stereocenters. The number of hydrogen-bond donors (Lipinski definition) is 0. The first-order valence-corrected chi connectivity index (χ1v) is 14.8. The molecule has 0 aliphatic heterocycles. The molecule has 0 aromatic heterocycles. The monoisotopic (exact) mass is 526 g/mol. The van der Waals surface area contributed by atoms with Gasteiger partial charge in [0.2, 0.25) is 0 Å². The summed E-state index contributed by atoms with van der Waals surface area (Å²) < 4.78 is 0. The third-order valence-electron chi connectivity index (χ3n) is 10.0. The van der Waals surface area contributed by atoms with E-state index in [1.165, 1.54) is 109 Å². The fourth-order valence-electron chi connectivity index (χ4n) is 8.52. The van der Waals surface area contributed by atoms with Crippen LogP contribution in [0.25, 0.3) is 109 Å². The summed E-state index contributed by atoms with van der Waals surface area (Å²) in [6.45, 7) is 0. The van der Waals surface area contributed by atoms with E-state index in [-0.39, 0.29) is 0 Å². The van der Waals surface area contributed by atoms with Gasteiger partial charge in [-0.2, -0.15) is 0 Å². The maximum absolute atomic E-state index is 2.44. The summed E-state index contributed by atoms with van der Waals surface area (Å²) >= 11 is 0. The van der Waals surface area contributed by atoms with Gasteiger partial charge in [0.15, 0.2) is 0 Å². The molecule has 9 aromatic carbocycles. The Morgan fingerprint density at radius 3 is 0.929 bits per heavy atom. The van der Waals surface area contributed by atoms with Crippen LogP contribution in [0.1, 0.15) is 0 Å².